The van der Waals surface area contributed by atoms with Crippen LogP contribution < -0.4 is 9.62 Å². The number of hydrogen-bond acceptors (Lipinski definition) is 4. The molecule has 9 heteroatoms. The van der Waals surface area contributed by atoms with Crippen molar-refractivity contribution >= 4 is 27.5 Å². The Kier molecular flexibility index (Phi) is 10.2. The Labute approximate surface area is 208 Å². The van der Waals surface area contributed by atoms with Crippen LogP contribution in [0.5, 0.6) is 0 Å². The molecule has 2 rings (SSSR count). The summed E-state index contributed by atoms with van der Waals surface area (Å²) in [6.45, 7) is 7.69. The standard InChI is InChI=1S/C26H36FN3O4S/c1-6-21-10-8-9-11-24(21)30(35(5,33)34)18-25(31)29(17-20-12-14-22(27)15-13-20)23(7-2)26(32)28-16-19(3)4/h8-15,19,23H,6-7,16-18H2,1-5H3,(H,28,32)/t23-/m1/s1. The maximum atomic E-state index is 13.7. The monoisotopic (exact) mass is 505 g/mol. The number of nitrogens with one attached hydrogen (secondary N) is 1. The van der Waals surface area contributed by atoms with Gasteiger partial charge in [0.05, 0.1) is 11.9 Å². The van der Waals surface area contributed by atoms with Crippen molar-refractivity contribution in [2.24, 2.45) is 5.92 Å². The van der Waals surface area contributed by atoms with Crippen LogP contribution in [0.3, 0.4) is 0 Å². The fraction of sp³-hybridized carbons (Fsp3) is 0.462. The molecule has 0 unspecified atom stereocenters. The molecule has 2 aromatic rings. The predicted molar refractivity (Wildman–Crippen MR) is 137 cm³/mol. The lowest BCUT2D eigenvalue weighted by molar-refractivity contribution is -0.140. The molecule has 0 aliphatic heterocycles. The van der Waals surface area contributed by atoms with Gasteiger partial charge in [0.25, 0.3) is 0 Å². The van der Waals surface area contributed by atoms with E-state index in [1.807, 2.05) is 32.9 Å². The first kappa shape index (κ1) is 28.3. The van der Waals surface area contributed by atoms with Crippen LogP contribution in [0.15, 0.2) is 48.5 Å². The Hall–Kier alpha value is -2.94. The zero-order chi connectivity index (χ0) is 26.2. The average Bonchev–Trinajstić information content (AvgIpc) is 2.81. The number of amides is 2. The van der Waals surface area contributed by atoms with Crippen LogP contribution in [-0.4, -0.2) is 50.5 Å². The second kappa shape index (κ2) is 12.7. The van der Waals surface area contributed by atoms with Crippen molar-refractivity contribution in [2.45, 2.75) is 53.1 Å². The highest BCUT2D eigenvalue weighted by Crippen LogP contribution is 2.24. The van der Waals surface area contributed by atoms with Gasteiger partial charge in [-0.2, -0.15) is 0 Å². The molecule has 1 N–H and O–H groups in total. The number of carbonyl (C=O) groups excluding carboxylic acids is 2. The number of benzene rings is 2. The van der Waals surface area contributed by atoms with E-state index in [9.17, 15) is 22.4 Å². The predicted octanol–water partition coefficient (Wildman–Crippen LogP) is 3.73. The lowest BCUT2D eigenvalue weighted by Gasteiger charge is -2.33. The Balaban J connectivity index is 2.44. The summed E-state index contributed by atoms with van der Waals surface area (Å²) in [5.41, 5.74) is 1.86. The molecular formula is C26H36FN3O4S. The highest BCUT2D eigenvalue weighted by atomic mass is 32.2. The summed E-state index contributed by atoms with van der Waals surface area (Å²) in [6, 6.07) is 11.9. The summed E-state index contributed by atoms with van der Waals surface area (Å²) in [4.78, 5) is 28.1. The Bertz CT molecular complexity index is 1100. The summed E-state index contributed by atoms with van der Waals surface area (Å²) < 4.78 is 40.0. The molecule has 0 heterocycles. The van der Waals surface area contributed by atoms with Gasteiger partial charge in [-0.1, -0.05) is 58.0 Å². The second-order valence-corrected chi connectivity index (χ2v) is 10.9. The van der Waals surface area contributed by atoms with Crippen molar-refractivity contribution in [1.29, 1.82) is 0 Å². The van der Waals surface area contributed by atoms with Crippen molar-refractivity contribution in [2.75, 3.05) is 23.7 Å². The van der Waals surface area contributed by atoms with Gasteiger partial charge in [0.2, 0.25) is 21.8 Å². The number of nitrogens with zero attached hydrogens (tertiary/aromatic N) is 2. The molecule has 0 bridgehead atoms. The van der Waals surface area contributed by atoms with Crippen LogP contribution in [0.2, 0.25) is 0 Å². The molecule has 2 aromatic carbocycles. The third-order valence-electron chi connectivity index (χ3n) is 5.66. The summed E-state index contributed by atoms with van der Waals surface area (Å²) in [5, 5.41) is 2.87. The van der Waals surface area contributed by atoms with E-state index < -0.39 is 34.3 Å². The van der Waals surface area contributed by atoms with Gasteiger partial charge >= 0.3 is 0 Å². The van der Waals surface area contributed by atoms with E-state index in [2.05, 4.69) is 5.32 Å². The summed E-state index contributed by atoms with van der Waals surface area (Å²) in [6.07, 6.45) is 1.98. The van der Waals surface area contributed by atoms with Crippen LogP contribution in [0.25, 0.3) is 0 Å². The minimum Gasteiger partial charge on any atom is -0.354 e. The smallest absolute Gasteiger partial charge is 0.244 e. The molecule has 7 nitrogen and oxygen atoms in total. The maximum Gasteiger partial charge on any atom is 0.244 e. The first-order chi connectivity index (χ1) is 16.5. The quantitative estimate of drug-likeness (QED) is 0.476. The first-order valence-electron chi connectivity index (χ1n) is 11.8. The molecule has 192 valence electrons. The molecule has 0 aliphatic carbocycles. The average molecular weight is 506 g/mol. The van der Waals surface area contributed by atoms with E-state index in [1.165, 1.54) is 17.0 Å². The molecule has 2 amide bonds. The van der Waals surface area contributed by atoms with Gasteiger partial charge in [-0.25, -0.2) is 12.8 Å². The zero-order valence-corrected chi connectivity index (χ0v) is 21.9. The van der Waals surface area contributed by atoms with Gasteiger partial charge in [-0.3, -0.25) is 13.9 Å². The van der Waals surface area contributed by atoms with Crippen LogP contribution >= 0.6 is 0 Å². The maximum absolute atomic E-state index is 13.7. The Morgan fingerprint density at radius 1 is 1.03 bits per heavy atom. The lowest BCUT2D eigenvalue weighted by atomic mass is 10.1. The summed E-state index contributed by atoms with van der Waals surface area (Å²) in [7, 11) is -3.80. The molecular weight excluding hydrogens is 469 g/mol. The molecule has 0 saturated carbocycles. The van der Waals surface area contributed by atoms with Gasteiger partial charge in [0.15, 0.2) is 0 Å². The van der Waals surface area contributed by atoms with Crippen molar-refractivity contribution < 1.29 is 22.4 Å². The molecule has 0 radical (unpaired) electrons. The zero-order valence-electron chi connectivity index (χ0n) is 21.1. The van der Waals surface area contributed by atoms with Crippen LogP contribution in [-0.2, 0) is 32.6 Å². The van der Waals surface area contributed by atoms with E-state index in [0.717, 1.165) is 16.1 Å². The topological polar surface area (TPSA) is 86.8 Å². The molecule has 35 heavy (non-hydrogen) atoms. The van der Waals surface area contributed by atoms with E-state index in [1.54, 1.807) is 31.2 Å². The highest BCUT2D eigenvalue weighted by Gasteiger charge is 2.32. The number of carbonyl (C=O) groups is 2. The minimum absolute atomic E-state index is 0.0414. The molecule has 0 fully saturated rings. The number of rotatable bonds is 12. The lowest BCUT2D eigenvalue weighted by Crippen LogP contribution is -2.52. The number of hydrogen-bond donors (Lipinski definition) is 1. The fourth-order valence-corrected chi connectivity index (χ4v) is 4.66. The van der Waals surface area contributed by atoms with Gasteiger partial charge in [-0.05, 0) is 48.1 Å². The third kappa shape index (κ3) is 8.06. The SMILES string of the molecule is CCc1ccccc1N(CC(=O)N(Cc1ccc(F)cc1)[C@H](CC)C(=O)NCC(C)C)S(C)(=O)=O. The summed E-state index contributed by atoms with van der Waals surface area (Å²) >= 11 is 0. The van der Waals surface area contributed by atoms with Crippen LogP contribution in [0.4, 0.5) is 10.1 Å². The Morgan fingerprint density at radius 3 is 2.20 bits per heavy atom. The molecule has 0 aromatic heterocycles. The van der Waals surface area contributed by atoms with Crippen molar-refractivity contribution in [3.63, 3.8) is 0 Å². The molecule has 0 aliphatic rings. The highest BCUT2D eigenvalue weighted by molar-refractivity contribution is 7.92. The summed E-state index contributed by atoms with van der Waals surface area (Å²) in [5.74, 6) is -1.01. The normalized spacial score (nSPS) is 12.3. The van der Waals surface area contributed by atoms with E-state index in [4.69, 9.17) is 0 Å². The van der Waals surface area contributed by atoms with Crippen LogP contribution in [0, 0.1) is 11.7 Å². The number of sulfonamides is 1. The molecule has 0 saturated heterocycles. The van der Waals surface area contributed by atoms with E-state index in [-0.39, 0.29) is 18.4 Å². The molecule has 1 atom stereocenters. The van der Waals surface area contributed by atoms with Crippen molar-refractivity contribution in [3.8, 4) is 0 Å². The first-order valence-corrected chi connectivity index (χ1v) is 13.7. The largest absolute Gasteiger partial charge is 0.354 e. The Morgan fingerprint density at radius 2 is 1.66 bits per heavy atom. The molecule has 0 spiro atoms. The van der Waals surface area contributed by atoms with Gasteiger partial charge < -0.3 is 10.2 Å². The van der Waals surface area contributed by atoms with Crippen molar-refractivity contribution in [3.05, 3.63) is 65.5 Å². The minimum atomic E-state index is -3.80. The number of halogens is 1. The second-order valence-electron chi connectivity index (χ2n) is 8.96. The van der Waals surface area contributed by atoms with E-state index >= 15 is 0 Å². The van der Waals surface area contributed by atoms with Gasteiger partial charge in [-0.15, -0.1) is 0 Å². The number of aryl methyl sites for hydroxylation is 1. The van der Waals surface area contributed by atoms with Crippen molar-refractivity contribution in [1.82, 2.24) is 10.2 Å². The van der Waals surface area contributed by atoms with Gasteiger partial charge in [0.1, 0.15) is 18.4 Å². The van der Waals surface area contributed by atoms with E-state index in [0.29, 0.717) is 30.6 Å². The van der Waals surface area contributed by atoms with Crippen LogP contribution in [0.1, 0.15) is 45.2 Å². The third-order valence-corrected chi connectivity index (χ3v) is 6.78. The fourth-order valence-electron chi connectivity index (χ4n) is 3.78. The van der Waals surface area contributed by atoms with Gasteiger partial charge in [0, 0.05) is 13.1 Å². The number of para-hydroxylation sites is 1. The number of anilines is 1.